The van der Waals surface area contributed by atoms with E-state index >= 15 is 0 Å². The van der Waals surface area contributed by atoms with Gasteiger partial charge < -0.3 is 4.74 Å². The average Bonchev–Trinajstić information content (AvgIpc) is 2.26. The van der Waals surface area contributed by atoms with E-state index in [-0.39, 0.29) is 5.75 Å². The van der Waals surface area contributed by atoms with Gasteiger partial charge in [-0.05, 0) is 24.3 Å². The highest BCUT2D eigenvalue weighted by Crippen LogP contribution is 2.34. The molecular formula is C11H9F3O2. The van der Waals surface area contributed by atoms with Crippen LogP contribution < -0.4 is 4.74 Å². The smallest absolute Gasteiger partial charge is 0.417 e. The van der Waals surface area contributed by atoms with Gasteiger partial charge in [0.05, 0.1) is 12.7 Å². The average molecular weight is 230 g/mol. The number of carbonyl (C=O) groups excluding carboxylic acids is 1. The van der Waals surface area contributed by atoms with Gasteiger partial charge in [0.2, 0.25) is 0 Å². The van der Waals surface area contributed by atoms with Gasteiger partial charge >= 0.3 is 6.18 Å². The maximum atomic E-state index is 12.6. The number of methoxy groups -OCH3 is 1. The molecule has 2 nitrogen and oxygen atoms in total. The summed E-state index contributed by atoms with van der Waals surface area (Å²) >= 11 is 0. The third-order valence-electron chi connectivity index (χ3n) is 1.98. The minimum absolute atomic E-state index is 0.0490. The fourth-order valence-corrected chi connectivity index (χ4v) is 1.21. The number of ketones is 1. The van der Waals surface area contributed by atoms with Crippen LogP contribution in [0.3, 0.4) is 0 Å². The van der Waals surface area contributed by atoms with E-state index in [9.17, 15) is 18.0 Å². The summed E-state index contributed by atoms with van der Waals surface area (Å²) in [6.45, 7) is 3.15. The van der Waals surface area contributed by atoms with E-state index in [4.69, 9.17) is 0 Å². The minimum atomic E-state index is -4.59. The third kappa shape index (κ3) is 2.42. The van der Waals surface area contributed by atoms with Gasteiger partial charge in [0, 0.05) is 5.56 Å². The number of halogens is 3. The summed E-state index contributed by atoms with van der Waals surface area (Å²) in [6.07, 6.45) is -3.75. The van der Waals surface area contributed by atoms with Crippen LogP contribution in [0.4, 0.5) is 13.2 Å². The molecule has 0 unspecified atom stereocenters. The first-order chi connectivity index (χ1) is 7.40. The molecule has 0 aliphatic rings. The Bertz CT molecular complexity index is 422. The number of hydrogen-bond donors (Lipinski definition) is 0. The van der Waals surface area contributed by atoms with Gasteiger partial charge in [-0.15, -0.1) is 0 Å². The molecule has 0 bridgehead atoms. The Morgan fingerprint density at radius 2 is 2.06 bits per heavy atom. The number of alkyl halides is 3. The van der Waals surface area contributed by atoms with Crippen LogP contribution in [-0.4, -0.2) is 12.9 Å². The molecule has 0 aromatic heterocycles. The Morgan fingerprint density at radius 3 is 2.50 bits per heavy atom. The Hall–Kier alpha value is -1.78. The standard InChI is InChI=1S/C11H9F3O2/c1-3-10(15)8-5-4-7(16-2)6-9(8)11(12,13)14/h3-6H,1H2,2H3. The molecule has 1 aromatic rings. The first kappa shape index (κ1) is 12.3. The van der Waals surface area contributed by atoms with Crippen LogP contribution in [0.5, 0.6) is 5.75 Å². The lowest BCUT2D eigenvalue weighted by Crippen LogP contribution is -2.12. The first-order valence-corrected chi connectivity index (χ1v) is 4.32. The van der Waals surface area contributed by atoms with E-state index in [0.29, 0.717) is 0 Å². The molecule has 0 amide bonds. The van der Waals surface area contributed by atoms with Crippen molar-refractivity contribution in [2.24, 2.45) is 0 Å². The van der Waals surface area contributed by atoms with Crippen molar-refractivity contribution in [3.63, 3.8) is 0 Å². The second-order valence-electron chi connectivity index (χ2n) is 2.98. The molecule has 0 aliphatic carbocycles. The summed E-state index contributed by atoms with van der Waals surface area (Å²) in [5.74, 6) is -0.720. The highest BCUT2D eigenvalue weighted by molar-refractivity contribution is 6.05. The molecule has 16 heavy (non-hydrogen) atoms. The summed E-state index contributed by atoms with van der Waals surface area (Å²) in [6, 6.07) is 3.16. The predicted octanol–water partition coefficient (Wildman–Crippen LogP) is 3.08. The summed E-state index contributed by atoms with van der Waals surface area (Å²) in [5.41, 5.74) is -1.44. The van der Waals surface area contributed by atoms with Crippen molar-refractivity contribution in [3.8, 4) is 5.75 Å². The van der Waals surface area contributed by atoms with Gasteiger partial charge in [-0.2, -0.15) is 13.2 Å². The summed E-state index contributed by atoms with van der Waals surface area (Å²) in [5, 5.41) is 0. The van der Waals surface area contributed by atoms with Gasteiger partial charge in [0.25, 0.3) is 0 Å². The van der Waals surface area contributed by atoms with Crippen molar-refractivity contribution in [2.75, 3.05) is 7.11 Å². The lowest BCUT2D eigenvalue weighted by molar-refractivity contribution is -0.138. The van der Waals surface area contributed by atoms with Crippen molar-refractivity contribution >= 4 is 5.78 Å². The van der Waals surface area contributed by atoms with Crippen LogP contribution in [-0.2, 0) is 6.18 Å². The fraction of sp³-hybridized carbons (Fsp3) is 0.182. The van der Waals surface area contributed by atoms with Crippen molar-refractivity contribution in [2.45, 2.75) is 6.18 Å². The molecule has 0 radical (unpaired) electrons. The number of benzene rings is 1. The maximum absolute atomic E-state index is 12.6. The largest absolute Gasteiger partial charge is 0.497 e. The Balaban J connectivity index is 3.39. The molecule has 86 valence electrons. The van der Waals surface area contributed by atoms with Crippen LogP contribution in [0.1, 0.15) is 15.9 Å². The zero-order chi connectivity index (χ0) is 12.3. The quantitative estimate of drug-likeness (QED) is 0.589. The van der Waals surface area contributed by atoms with Crippen LogP contribution in [0.25, 0.3) is 0 Å². The zero-order valence-corrected chi connectivity index (χ0v) is 8.47. The molecule has 5 heteroatoms. The van der Waals surface area contributed by atoms with Crippen LogP contribution >= 0.6 is 0 Å². The van der Waals surface area contributed by atoms with Gasteiger partial charge in [-0.1, -0.05) is 6.58 Å². The lowest BCUT2D eigenvalue weighted by atomic mass is 10.0. The van der Waals surface area contributed by atoms with Gasteiger partial charge in [-0.25, -0.2) is 0 Å². The van der Waals surface area contributed by atoms with Crippen molar-refractivity contribution < 1.29 is 22.7 Å². The monoisotopic (exact) mass is 230 g/mol. The van der Waals surface area contributed by atoms with E-state index in [0.717, 1.165) is 18.2 Å². The molecule has 1 aromatic carbocycles. The first-order valence-electron chi connectivity index (χ1n) is 4.32. The normalized spacial score (nSPS) is 11.0. The van der Waals surface area contributed by atoms with E-state index in [2.05, 4.69) is 11.3 Å². The summed E-state index contributed by atoms with van der Waals surface area (Å²) in [4.78, 5) is 11.2. The number of carbonyl (C=O) groups is 1. The number of hydrogen-bond acceptors (Lipinski definition) is 2. The molecule has 1 rings (SSSR count). The molecular weight excluding hydrogens is 221 g/mol. The molecule has 0 aliphatic heterocycles. The van der Waals surface area contributed by atoms with Crippen LogP contribution in [0.15, 0.2) is 30.9 Å². The Labute approximate surface area is 90.3 Å². The maximum Gasteiger partial charge on any atom is 0.417 e. The van der Waals surface area contributed by atoms with Gasteiger partial charge in [-0.3, -0.25) is 4.79 Å². The van der Waals surface area contributed by atoms with Crippen LogP contribution in [0, 0.1) is 0 Å². The van der Waals surface area contributed by atoms with E-state index in [1.807, 2.05) is 0 Å². The highest BCUT2D eigenvalue weighted by atomic mass is 19.4. The molecule has 0 saturated heterocycles. The van der Waals surface area contributed by atoms with Gasteiger partial charge in [0.15, 0.2) is 5.78 Å². The predicted molar refractivity (Wildman–Crippen MR) is 52.5 cm³/mol. The number of allylic oxidation sites excluding steroid dienone is 1. The second-order valence-corrected chi connectivity index (χ2v) is 2.98. The topological polar surface area (TPSA) is 26.3 Å². The Morgan fingerprint density at radius 1 is 1.44 bits per heavy atom. The minimum Gasteiger partial charge on any atom is -0.497 e. The van der Waals surface area contributed by atoms with Crippen LogP contribution in [0.2, 0.25) is 0 Å². The van der Waals surface area contributed by atoms with E-state index in [1.54, 1.807) is 0 Å². The summed E-state index contributed by atoms with van der Waals surface area (Å²) < 4.78 is 42.5. The van der Waals surface area contributed by atoms with Crippen molar-refractivity contribution in [1.82, 2.24) is 0 Å². The lowest BCUT2D eigenvalue weighted by Gasteiger charge is -2.12. The SMILES string of the molecule is C=CC(=O)c1ccc(OC)cc1C(F)(F)F. The molecule has 0 atom stereocenters. The third-order valence-corrected chi connectivity index (χ3v) is 1.98. The van der Waals surface area contributed by atoms with Crippen molar-refractivity contribution in [3.05, 3.63) is 42.0 Å². The fourth-order valence-electron chi connectivity index (χ4n) is 1.21. The molecule has 0 spiro atoms. The molecule has 0 heterocycles. The van der Waals surface area contributed by atoms with Gasteiger partial charge in [0.1, 0.15) is 5.75 Å². The highest BCUT2D eigenvalue weighted by Gasteiger charge is 2.35. The zero-order valence-electron chi connectivity index (χ0n) is 8.47. The molecule has 0 fully saturated rings. The Kier molecular flexibility index (Phi) is 3.37. The van der Waals surface area contributed by atoms with E-state index in [1.165, 1.54) is 13.2 Å². The number of rotatable bonds is 3. The summed E-state index contributed by atoms with van der Waals surface area (Å²) in [7, 11) is 1.25. The van der Waals surface area contributed by atoms with Crippen molar-refractivity contribution in [1.29, 1.82) is 0 Å². The number of ether oxygens (including phenoxy) is 1. The second kappa shape index (κ2) is 4.38. The molecule has 0 N–H and O–H groups in total. The molecule has 0 saturated carbocycles. The van der Waals surface area contributed by atoms with E-state index < -0.39 is 23.1 Å².